The van der Waals surface area contributed by atoms with E-state index in [0.717, 1.165) is 32.0 Å². The van der Waals surface area contributed by atoms with Crippen molar-refractivity contribution in [2.75, 3.05) is 44.7 Å². The molecule has 0 radical (unpaired) electrons. The number of aromatic amines is 1. The molecule has 0 spiro atoms. The maximum absolute atomic E-state index is 11.3. The van der Waals surface area contributed by atoms with Gasteiger partial charge in [-0.3, -0.25) is 14.9 Å². The van der Waals surface area contributed by atoms with E-state index in [1.807, 2.05) is 12.1 Å². The second-order valence-electron chi connectivity index (χ2n) is 7.08. The molecule has 3 aromatic heterocycles. The summed E-state index contributed by atoms with van der Waals surface area (Å²) in [4.78, 5) is 33.3. The van der Waals surface area contributed by atoms with Gasteiger partial charge in [-0.05, 0) is 19.2 Å². The van der Waals surface area contributed by atoms with Gasteiger partial charge < -0.3 is 19.5 Å². The fourth-order valence-electron chi connectivity index (χ4n) is 3.28. The van der Waals surface area contributed by atoms with Crippen molar-refractivity contribution in [1.82, 2.24) is 34.7 Å². The van der Waals surface area contributed by atoms with Crippen molar-refractivity contribution in [1.29, 1.82) is 0 Å². The van der Waals surface area contributed by atoms with Crippen LogP contribution < -0.4 is 4.90 Å². The molecule has 13 heteroatoms. The van der Waals surface area contributed by atoms with Crippen LogP contribution in [-0.4, -0.2) is 85.3 Å². The lowest BCUT2D eigenvalue weighted by Gasteiger charge is -2.32. The minimum atomic E-state index is -1.08. The van der Waals surface area contributed by atoms with Crippen molar-refractivity contribution in [2.24, 2.45) is 0 Å². The molecule has 4 rings (SSSR count). The van der Waals surface area contributed by atoms with Crippen molar-refractivity contribution in [3.63, 3.8) is 0 Å². The molecular formula is C17H21N9O4. The van der Waals surface area contributed by atoms with Crippen molar-refractivity contribution < 1.29 is 14.5 Å². The third-order valence-electron chi connectivity index (χ3n) is 4.85. The van der Waals surface area contributed by atoms with E-state index in [0.29, 0.717) is 23.0 Å². The third kappa shape index (κ3) is 4.05. The molecule has 0 bridgehead atoms. The number of hydrogen-bond acceptors (Lipinski definition) is 10. The summed E-state index contributed by atoms with van der Waals surface area (Å²) in [5.41, 5.74) is 0.839. The smallest absolute Gasteiger partial charge is 0.303 e. The first kappa shape index (κ1) is 19.7. The Labute approximate surface area is 170 Å². The van der Waals surface area contributed by atoms with Crippen LogP contribution in [-0.2, 0) is 9.53 Å². The lowest BCUT2D eigenvalue weighted by molar-refractivity contribution is -0.491. The number of nitro groups is 1. The van der Waals surface area contributed by atoms with Crippen LogP contribution in [0.1, 0.15) is 18.7 Å². The highest BCUT2D eigenvalue weighted by atomic mass is 16.6. The fraction of sp³-hybridized carbons (Fsp3) is 0.471. The molecule has 1 N–H and O–H groups in total. The van der Waals surface area contributed by atoms with Crippen molar-refractivity contribution >= 4 is 17.4 Å². The van der Waals surface area contributed by atoms with Crippen LogP contribution in [0, 0.1) is 10.1 Å². The molecule has 1 atom stereocenters. The number of anilines is 1. The Hall–Kier alpha value is -3.61. The molecule has 0 saturated carbocycles. The van der Waals surface area contributed by atoms with Crippen LogP contribution in [0.4, 0.5) is 5.82 Å². The molecule has 3 aromatic rings. The minimum absolute atomic E-state index is 0.295. The summed E-state index contributed by atoms with van der Waals surface area (Å²) in [6, 6.07) is 3.73. The number of aromatic nitrogens is 6. The third-order valence-corrected chi connectivity index (χ3v) is 4.85. The number of esters is 1. The van der Waals surface area contributed by atoms with Crippen molar-refractivity contribution in [3.05, 3.63) is 34.1 Å². The molecule has 4 heterocycles. The Balaban J connectivity index is 1.64. The molecule has 0 aromatic carbocycles. The molecule has 0 aliphatic carbocycles. The summed E-state index contributed by atoms with van der Waals surface area (Å²) >= 11 is 0. The first-order chi connectivity index (χ1) is 14.4. The van der Waals surface area contributed by atoms with Gasteiger partial charge in [-0.15, -0.1) is 15.3 Å². The van der Waals surface area contributed by atoms with E-state index in [4.69, 9.17) is 4.74 Å². The summed E-state index contributed by atoms with van der Waals surface area (Å²) in [5.74, 6) is 0.856. The number of imidazole rings is 1. The van der Waals surface area contributed by atoms with E-state index in [1.165, 1.54) is 13.1 Å². The Kier molecular flexibility index (Phi) is 5.27. The summed E-state index contributed by atoms with van der Waals surface area (Å²) < 4.78 is 6.63. The number of piperazine rings is 1. The van der Waals surface area contributed by atoms with Crippen molar-refractivity contribution in [3.8, 4) is 11.6 Å². The van der Waals surface area contributed by atoms with Gasteiger partial charge in [0.25, 0.3) is 0 Å². The Morgan fingerprint density at radius 3 is 2.77 bits per heavy atom. The van der Waals surface area contributed by atoms with Gasteiger partial charge in [0.2, 0.25) is 18.5 Å². The zero-order valence-corrected chi connectivity index (χ0v) is 16.6. The van der Waals surface area contributed by atoms with Crippen LogP contribution in [0.15, 0.2) is 18.3 Å². The van der Waals surface area contributed by atoms with E-state index in [9.17, 15) is 14.9 Å². The Morgan fingerprint density at radius 2 is 2.07 bits per heavy atom. The SMILES string of the molecule is CC(=O)OC(C[N+](=O)[O-])c1cnc(-c2nnc3ccc(N4CCN(C)CC4)nn23)[nH]1. The van der Waals surface area contributed by atoms with Gasteiger partial charge >= 0.3 is 5.97 Å². The highest BCUT2D eigenvalue weighted by Gasteiger charge is 2.25. The van der Waals surface area contributed by atoms with Crippen LogP contribution in [0.2, 0.25) is 0 Å². The summed E-state index contributed by atoms with van der Waals surface area (Å²) in [7, 11) is 2.09. The zero-order chi connectivity index (χ0) is 21.3. The molecule has 30 heavy (non-hydrogen) atoms. The summed E-state index contributed by atoms with van der Waals surface area (Å²) in [6.07, 6.45) is 0.310. The van der Waals surface area contributed by atoms with Gasteiger partial charge in [-0.2, -0.15) is 4.52 Å². The second kappa shape index (κ2) is 8.02. The molecule has 0 amide bonds. The highest BCUT2D eigenvalue weighted by molar-refractivity contribution is 5.66. The topological polar surface area (TPSA) is 148 Å². The first-order valence-corrected chi connectivity index (χ1v) is 9.41. The Morgan fingerprint density at radius 1 is 1.30 bits per heavy atom. The molecule has 1 fully saturated rings. The maximum Gasteiger partial charge on any atom is 0.303 e. The number of likely N-dealkylation sites (N-methyl/N-ethyl adjacent to an activating group) is 1. The van der Waals surface area contributed by atoms with Gasteiger partial charge in [-0.1, -0.05) is 0 Å². The number of hydrogen-bond donors (Lipinski definition) is 1. The standard InChI is InChI=1S/C17H21N9O4/c1-11(27)30-13(10-25(28)29)12-9-18-16(19-12)17-21-20-14-3-4-15(22-26(14)17)24-7-5-23(2)6-8-24/h3-4,9,13H,5-8,10H2,1-2H3,(H,18,19). The van der Waals surface area contributed by atoms with Crippen LogP contribution in [0.3, 0.4) is 0 Å². The lowest BCUT2D eigenvalue weighted by Crippen LogP contribution is -2.44. The fourth-order valence-corrected chi connectivity index (χ4v) is 3.28. The monoisotopic (exact) mass is 415 g/mol. The number of nitrogens with one attached hydrogen (secondary N) is 1. The predicted molar refractivity (Wildman–Crippen MR) is 104 cm³/mol. The van der Waals surface area contributed by atoms with Crippen LogP contribution in [0.5, 0.6) is 0 Å². The molecule has 13 nitrogen and oxygen atoms in total. The molecule has 158 valence electrons. The number of rotatable bonds is 6. The molecule has 1 unspecified atom stereocenters. The molecule has 1 aliphatic heterocycles. The average Bonchev–Trinajstić information content (AvgIpc) is 3.33. The number of ether oxygens (including phenoxy) is 1. The normalized spacial score (nSPS) is 16.0. The zero-order valence-electron chi connectivity index (χ0n) is 16.6. The lowest BCUT2D eigenvalue weighted by atomic mass is 10.3. The quantitative estimate of drug-likeness (QED) is 0.335. The van der Waals surface area contributed by atoms with E-state index in [2.05, 4.69) is 42.1 Å². The van der Waals surface area contributed by atoms with E-state index >= 15 is 0 Å². The van der Waals surface area contributed by atoms with Crippen molar-refractivity contribution in [2.45, 2.75) is 13.0 Å². The maximum atomic E-state index is 11.3. The summed E-state index contributed by atoms with van der Waals surface area (Å²) in [5, 5.41) is 23.8. The van der Waals surface area contributed by atoms with Crippen LogP contribution in [0.25, 0.3) is 17.3 Å². The van der Waals surface area contributed by atoms with Gasteiger partial charge in [0.1, 0.15) is 5.82 Å². The average molecular weight is 415 g/mol. The molecular weight excluding hydrogens is 394 g/mol. The summed E-state index contributed by atoms with van der Waals surface area (Å²) in [6.45, 7) is 4.24. The second-order valence-corrected chi connectivity index (χ2v) is 7.08. The number of fused-ring (bicyclic) bond motifs is 1. The van der Waals surface area contributed by atoms with Gasteiger partial charge in [0.05, 0.1) is 11.9 Å². The number of nitrogens with zero attached hydrogens (tertiary/aromatic N) is 8. The van der Waals surface area contributed by atoms with Gasteiger partial charge in [-0.25, -0.2) is 4.98 Å². The number of carbonyl (C=O) groups excluding carboxylic acids is 1. The van der Waals surface area contributed by atoms with Crippen LogP contribution >= 0.6 is 0 Å². The first-order valence-electron chi connectivity index (χ1n) is 9.41. The largest absolute Gasteiger partial charge is 0.449 e. The minimum Gasteiger partial charge on any atom is -0.449 e. The molecule has 1 saturated heterocycles. The molecule has 1 aliphatic rings. The highest BCUT2D eigenvalue weighted by Crippen LogP contribution is 2.22. The van der Waals surface area contributed by atoms with E-state index in [1.54, 1.807) is 4.52 Å². The number of carbonyl (C=O) groups is 1. The Bertz CT molecular complexity index is 1050. The van der Waals surface area contributed by atoms with Gasteiger partial charge in [0, 0.05) is 38.0 Å². The van der Waals surface area contributed by atoms with Gasteiger partial charge in [0.15, 0.2) is 11.5 Å². The number of H-pyrrole nitrogens is 1. The van der Waals surface area contributed by atoms with E-state index in [-0.39, 0.29) is 0 Å². The van der Waals surface area contributed by atoms with E-state index < -0.39 is 23.5 Å². The predicted octanol–water partition coefficient (Wildman–Crippen LogP) is 0.147.